The number of benzene rings is 3. The zero-order valence-corrected chi connectivity index (χ0v) is 16.6. The summed E-state index contributed by atoms with van der Waals surface area (Å²) in [5.41, 5.74) is 1.98. The molecule has 3 aromatic carbocycles. The molecule has 152 valence electrons. The minimum absolute atomic E-state index is 0.105. The van der Waals surface area contributed by atoms with Gasteiger partial charge in [0.25, 0.3) is 5.91 Å². The smallest absolute Gasteiger partial charge is 0.254 e. The average molecular weight is 404 g/mol. The Morgan fingerprint density at radius 1 is 1.00 bits per heavy atom. The molecule has 0 fully saturated rings. The first-order valence-electron chi connectivity index (χ1n) is 9.56. The summed E-state index contributed by atoms with van der Waals surface area (Å²) in [5.74, 6) is -1.09. The Hall–Kier alpha value is -3.67. The zero-order chi connectivity index (χ0) is 21.3. The molecule has 4 rings (SSSR count). The number of carbonyl (C=O) groups excluding carboxylic acids is 2. The molecule has 1 N–H and O–H groups in total. The zero-order valence-electron chi connectivity index (χ0n) is 16.6. The van der Waals surface area contributed by atoms with Gasteiger partial charge in [-0.05, 0) is 41.5 Å². The third-order valence-electron chi connectivity index (χ3n) is 5.45. The quantitative estimate of drug-likeness (QED) is 0.702. The van der Waals surface area contributed by atoms with Crippen LogP contribution in [0.1, 0.15) is 33.4 Å². The molecule has 5 nitrogen and oxygen atoms in total. The van der Waals surface area contributed by atoms with Crippen molar-refractivity contribution < 1.29 is 18.7 Å². The van der Waals surface area contributed by atoms with Crippen molar-refractivity contribution in [1.82, 2.24) is 4.90 Å². The first kappa shape index (κ1) is 19.6. The van der Waals surface area contributed by atoms with E-state index in [-0.39, 0.29) is 17.5 Å². The highest BCUT2D eigenvalue weighted by atomic mass is 19.1. The lowest BCUT2D eigenvalue weighted by Gasteiger charge is -2.39. The van der Waals surface area contributed by atoms with Gasteiger partial charge < -0.3 is 15.0 Å². The number of nitrogens with zero attached hydrogens (tertiary/aromatic N) is 1. The van der Waals surface area contributed by atoms with Crippen molar-refractivity contribution in [2.24, 2.45) is 0 Å². The summed E-state index contributed by atoms with van der Waals surface area (Å²) in [6, 6.07) is 19.8. The Kier molecular flexibility index (Phi) is 5.23. The monoisotopic (exact) mass is 404 g/mol. The fourth-order valence-corrected chi connectivity index (χ4v) is 3.95. The van der Waals surface area contributed by atoms with Gasteiger partial charge in [0.05, 0.1) is 24.8 Å². The maximum absolute atomic E-state index is 14.2. The molecule has 3 aromatic rings. The molecule has 0 unspecified atom stereocenters. The lowest BCUT2D eigenvalue weighted by atomic mass is 9.79. The summed E-state index contributed by atoms with van der Waals surface area (Å²) in [6.45, 7) is 0. The van der Waals surface area contributed by atoms with Crippen molar-refractivity contribution in [3.63, 3.8) is 0 Å². The van der Waals surface area contributed by atoms with Gasteiger partial charge >= 0.3 is 0 Å². The van der Waals surface area contributed by atoms with Gasteiger partial charge in [-0.3, -0.25) is 9.59 Å². The Morgan fingerprint density at radius 2 is 1.67 bits per heavy atom. The summed E-state index contributed by atoms with van der Waals surface area (Å²) in [4.78, 5) is 28.0. The molecular weight excluding hydrogens is 383 g/mol. The van der Waals surface area contributed by atoms with E-state index >= 15 is 0 Å². The van der Waals surface area contributed by atoms with Crippen molar-refractivity contribution in [2.75, 3.05) is 19.5 Å². The molecule has 30 heavy (non-hydrogen) atoms. The van der Waals surface area contributed by atoms with Crippen LogP contribution >= 0.6 is 0 Å². The third-order valence-corrected chi connectivity index (χ3v) is 5.45. The van der Waals surface area contributed by atoms with Crippen molar-refractivity contribution in [3.05, 3.63) is 95.3 Å². The van der Waals surface area contributed by atoms with Crippen molar-refractivity contribution in [2.45, 2.75) is 12.0 Å². The van der Waals surface area contributed by atoms with Gasteiger partial charge in [0.1, 0.15) is 11.6 Å². The number of hydrogen-bond donors (Lipinski definition) is 1. The van der Waals surface area contributed by atoms with Crippen LogP contribution in [0.3, 0.4) is 0 Å². The normalized spacial score (nSPS) is 18.0. The van der Waals surface area contributed by atoms with E-state index < -0.39 is 17.8 Å². The van der Waals surface area contributed by atoms with Crippen LogP contribution in [0.15, 0.2) is 72.8 Å². The number of carbonyl (C=O) groups is 2. The lowest BCUT2D eigenvalue weighted by molar-refractivity contribution is -0.119. The summed E-state index contributed by atoms with van der Waals surface area (Å²) < 4.78 is 19.4. The van der Waals surface area contributed by atoms with Crippen LogP contribution in [0.2, 0.25) is 0 Å². The number of anilines is 1. The number of hydrogen-bond acceptors (Lipinski definition) is 3. The molecule has 2 amide bonds. The number of likely N-dealkylation sites (N-methyl/N-ethyl adjacent to an activating group) is 1. The number of methoxy groups -OCH3 is 1. The first-order valence-corrected chi connectivity index (χ1v) is 9.56. The summed E-state index contributed by atoms with van der Waals surface area (Å²) >= 11 is 0. The fourth-order valence-electron chi connectivity index (χ4n) is 3.95. The van der Waals surface area contributed by atoms with E-state index in [9.17, 15) is 14.0 Å². The number of halogens is 1. The molecule has 6 heteroatoms. The molecule has 0 aromatic heterocycles. The number of ether oxygens (including phenoxy) is 1. The molecule has 0 radical (unpaired) electrons. The van der Waals surface area contributed by atoms with Crippen LogP contribution in [-0.4, -0.2) is 30.9 Å². The van der Waals surface area contributed by atoms with E-state index in [1.165, 1.54) is 12.1 Å². The summed E-state index contributed by atoms with van der Waals surface area (Å²) in [6.07, 6.45) is 0. The highest BCUT2D eigenvalue weighted by Crippen LogP contribution is 2.42. The molecular formula is C24H21FN2O3. The Labute approximate surface area is 174 Å². The van der Waals surface area contributed by atoms with Gasteiger partial charge in [0.15, 0.2) is 0 Å². The maximum Gasteiger partial charge on any atom is 0.254 e. The first-order chi connectivity index (χ1) is 14.5. The second-order valence-electron chi connectivity index (χ2n) is 7.17. The molecule has 0 saturated carbocycles. The molecule has 2 atom stereocenters. The third kappa shape index (κ3) is 3.41. The van der Waals surface area contributed by atoms with Crippen LogP contribution in [-0.2, 0) is 4.79 Å². The van der Waals surface area contributed by atoms with E-state index in [0.717, 1.165) is 5.56 Å². The van der Waals surface area contributed by atoms with E-state index in [4.69, 9.17) is 4.74 Å². The molecule has 0 bridgehead atoms. The Balaban J connectivity index is 1.80. The van der Waals surface area contributed by atoms with Gasteiger partial charge in [0, 0.05) is 12.6 Å². The van der Waals surface area contributed by atoms with Gasteiger partial charge in [-0.1, -0.05) is 42.5 Å². The van der Waals surface area contributed by atoms with Crippen LogP contribution in [0.25, 0.3) is 0 Å². The van der Waals surface area contributed by atoms with Gasteiger partial charge in [-0.25, -0.2) is 4.39 Å². The summed E-state index contributed by atoms with van der Waals surface area (Å²) in [7, 11) is 3.25. The second kappa shape index (κ2) is 7.99. The van der Waals surface area contributed by atoms with E-state index in [1.807, 2.05) is 12.1 Å². The number of para-hydroxylation sites is 1. The topological polar surface area (TPSA) is 58.6 Å². The van der Waals surface area contributed by atoms with Crippen molar-refractivity contribution >= 4 is 17.5 Å². The highest BCUT2D eigenvalue weighted by Gasteiger charge is 2.42. The molecule has 0 aliphatic carbocycles. The maximum atomic E-state index is 14.2. The van der Waals surface area contributed by atoms with Crippen molar-refractivity contribution in [1.29, 1.82) is 0 Å². The highest BCUT2D eigenvalue weighted by molar-refractivity contribution is 6.04. The molecule has 0 saturated heterocycles. The standard InChI is InChI=1S/C24H21FN2O3/c1-27-22(15-11-13-16(30-2)14-12-15)21(17-7-3-4-8-18(17)24(27)29)23(28)26-20-10-6-5-9-19(20)25/h3-14,21-22H,1-2H3,(H,26,28)/t21-,22+/m0/s1. The van der Waals surface area contributed by atoms with Crippen LogP contribution < -0.4 is 10.1 Å². The minimum Gasteiger partial charge on any atom is -0.497 e. The van der Waals surface area contributed by atoms with E-state index in [2.05, 4.69) is 5.32 Å². The Morgan fingerprint density at radius 3 is 2.37 bits per heavy atom. The predicted molar refractivity (Wildman–Crippen MR) is 112 cm³/mol. The second-order valence-corrected chi connectivity index (χ2v) is 7.17. The molecule has 1 heterocycles. The SMILES string of the molecule is COc1ccc([C@@H]2[C@@H](C(=O)Nc3ccccc3F)c3ccccc3C(=O)N2C)cc1. The van der Waals surface area contributed by atoms with Gasteiger partial charge in [0.2, 0.25) is 5.91 Å². The van der Waals surface area contributed by atoms with Gasteiger partial charge in [-0.15, -0.1) is 0 Å². The predicted octanol–water partition coefficient (Wildman–Crippen LogP) is 4.38. The van der Waals surface area contributed by atoms with Gasteiger partial charge in [-0.2, -0.15) is 0 Å². The number of nitrogens with one attached hydrogen (secondary N) is 1. The van der Waals surface area contributed by atoms with Crippen LogP contribution in [0.4, 0.5) is 10.1 Å². The largest absolute Gasteiger partial charge is 0.497 e. The molecule has 1 aliphatic heterocycles. The molecule has 1 aliphatic rings. The summed E-state index contributed by atoms with van der Waals surface area (Å²) in [5, 5.41) is 2.70. The Bertz CT molecular complexity index is 1100. The lowest BCUT2D eigenvalue weighted by Crippen LogP contribution is -2.44. The van der Waals surface area contributed by atoms with E-state index in [0.29, 0.717) is 16.9 Å². The fraction of sp³-hybridized carbons (Fsp3) is 0.167. The van der Waals surface area contributed by atoms with E-state index in [1.54, 1.807) is 67.6 Å². The van der Waals surface area contributed by atoms with Crippen LogP contribution in [0.5, 0.6) is 5.75 Å². The van der Waals surface area contributed by atoms with Crippen LogP contribution in [0, 0.1) is 5.82 Å². The molecule has 0 spiro atoms. The number of rotatable bonds is 4. The number of fused-ring (bicyclic) bond motifs is 1. The average Bonchev–Trinajstić information content (AvgIpc) is 2.77. The number of amides is 2. The minimum atomic E-state index is -0.711. The van der Waals surface area contributed by atoms with Crippen molar-refractivity contribution in [3.8, 4) is 5.75 Å².